The molecular weight excluding hydrogens is 228 g/mol. The van der Waals surface area contributed by atoms with Gasteiger partial charge in [0, 0.05) is 5.92 Å². The molecule has 0 bridgehead atoms. The molecule has 0 aliphatic rings. The van der Waals surface area contributed by atoms with E-state index in [1.807, 2.05) is 6.92 Å². The Morgan fingerprint density at radius 3 is 2.88 bits per heavy atom. The first-order chi connectivity index (χ1) is 7.63. The van der Waals surface area contributed by atoms with E-state index < -0.39 is 0 Å². The number of nitrogens with zero attached hydrogens (tertiary/aromatic N) is 2. The van der Waals surface area contributed by atoms with E-state index in [1.165, 1.54) is 0 Å². The highest BCUT2D eigenvalue weighted by Crippen LogP contribution is 2.10. The highest BCUT2D eigenvalue weighted by molar-refractivity contribution is 6.29. The van der Waals surface area contributed by atoms with Gasteiger partial charge in [0.1, 0.15) is 0 Å². The molecule has 88 valence electrons. The van der Waals surface area contributed by atoms with Crippen LogP contribution in [-0.4, -0.2) is 22.6 Å². The van der Waals surface area contributed by atoms with E-state index in [2.05, 4.69) is 15.5 Å². The Bertz CT molecular complexity index is 341. The maximum atomic E-state index is 11.7. The molecule has 1 amide bonds. The van der Waals surface area contributed by atoms with E-state index in [4.69, 9.17) is 17.3 Å². The van der Waals surface area contributed by atoms with Crippen LogP contribution in [0.1, 0.15) is 19.8 Å². The monoisotopic (exact) mass is 242 g/mol. The van der Waals surface area contributed by atoms with Crippen molar-refractivity contribution in [3.63, 3.8) is 0 Å². The lowest BCUT2D eigenvalue weighted by Crippen LogP contribution is -2.21. The van der Waals surface area contributed by atoms with Crippen LogP contribution in [0.15, 0.2) is 12.1 Å². The summed E-state index contributed by atoms with van der Waals surface area (Å²) in [5.74, 6) is 0.250. The number of anilines is 1. The van der Waals surface area contributed by atoms with Crippen molar-refractivity contribution in [1.29, 1.82) is 0 Å². The van der Waals surface area contributed by atoms with Crippen molar-refractivity contribution in [3.05, 3.63) is 17.3 Å². The minimum atomic E-state index is -0.0824. The van der Waals surface area contributed by atoms with E-state index in [-0.39, 0.29) is 11.8 Å². The Labute approximate surface area is 99.4 Å². The van der Waals surface area contributed by atoms with Crippen LogP contribution in [0.4, 0.5) is 5.82 Å². The molecule has 16 heavy (non-hydrogen) atoms. The number of carbonyl (C=O) groups is 1. The van der Waals surface area contributed by atoms with Crippen LogP contribution >= 0.6 is 11.6 Å². The summed E-state index contributed by atoms with van der Waals surface area (Å²) >= 11 is 5.58. The predicted molar refractivity (Wildman–Crippen MR) is 63.1 cm³/mol. The zero-order valence-corrected chi connectivity index (χ0v) is 9.87. The van der Waals surface area contributed by atoms with Crippen LogP contribution in [0.25, 0.3) is 0 Å². The predicted octanol–water partition coefficient (Wildman–Crippen LogP) is 1.44. The first-order valence-electron chi connectivity index (χ1n) is 5.13. The van der Waals surface area contributed by atoms with Crippen molar-refractivity contribution in [2.45, 2.75) is 19.8 Å². The van der Waals surface area contributed by atoms with Gasteiger partial charge in [-0.2, -0.15) is 0 Å². The molecule has 6 heteroatoms. The summed E-state index contributed by atoms with van der Waals surface area (Å²) in [5, 5.41) is 10.3. The van der Waals surface area contributed by atoms with E-state index >= 15 is 0 Å². The van der Waals surface area contributed by atoms with Gasteiger partial charge >= 0.3 is 0 Å². The van der Waals surface area contributed by atoms with Crippen molar-refractivity contribution in [1.82, 2.24) is 10.2 Å². The number of hydrogen-bond acceptors (Lipinski definition) is 4. The van der Waals surface area contributed by atoms with Gasteiger partial charge in [-0.3, -0.25) is 4.79 Å². The van der Waals surface area contributed by atoms with E-state index in [0.29, 0.717) is 17.5 Å². The molecule has 3 N–H and O–H groups in total. The lowest BCUT2D eigenvalue weighted by Gasteiger charge is -2.10. The smallest absolute Gasteiger partial charge is 0.228 e. The van der Waals surface area contributed by atoms with Gasteiger partial charge in [-0.15, -0.1) is 10.2 Å². The SMILES string of the molecule is CC(CCCN)C(=O)Nc1ccc(Cl)nn1. The van der Waals surface area contributed by atoms with Crippen molar-refractivity contribution in [3.8, 4) is 0 Å². The third-order valence-electron chi connectivity index (χ3n) is 2.17. The second kappa shape index (κ2) is 6.40. The zero-order valence-electron chi connectivity index (χ0n) is 9.11. The Kier molecular flexibility index (Phi) is 5.14. The van der Waals surface area contributed by atoms with Crippen molar-refractivity contribution < 1.29 is 4.79 Å². The minimum absolute atomic E-state index is 0.0786. The van der Waals surface area contributed by atoms with Gasteiger partial charge in [-0.1, -0.05) is 18.5 Å². The molecule has 0 fully saturated rings. The van der Waals surface area contributed by atoms with E-state index in [9.17, 15) is 4.79 Å². The number of nitrogens with two attached hydrogens (primary N) is 1. The molecule has 0 radical (unpaired) electrons. The lowest BCUT2D eigenvalue weighted by molar-refractivity contribution is -0.119. The fourth-order valence-corrected chi connectivity index (χ4v) is 1.29. The van der Waals surface area contributed by atoms with Gasteiger partial charge in [0.15, 0.2) is 11.0 Å². The highest BCUT2D eigenvalue weighted by Gasteiger charge is 2.12. The summed E-state index contributed by atoms with van der Waals surface area (Å²) in [4.78, 5) is 11.7. The average molecular weight is 243 g/mol. The summed E-state index contributed by atoms with van der Waals surface area (Å²) < 4.78 is 0. The van der Waals surface area contributed by atoms with Gasteiger partial charge in [0.2, 0.25) is 5.91 Å². The number of aromatic nitrogens is 2. The van der Waals surface area contributed by atoms with Crippen LogP contribution in [0.3, 0.4) is 0 Å². The Balaban J connectivity index is 2.47. The second-order valence-electron chi connectivity index (χ2n) is 3.56. The molecule has 5 nitrogen and oxygen atoms in total. The standard InChI is InChI=1S/C10H15ClN4O/c1-7(3-2-6-12)10(16)13-9-5-4-8(11)14-15-9/h4-5,7H,2-3,6,12H2,1H3,(H,13,15,16). The van der Waals surface area contributed by atoms with Crippen molar-refractivity contribution >= 4 is 23.3 Å². The molecular formula is C10H15ClN4O. The number of carbonyl (C=O) groups excluding carboxylic acids is 1. The summed E-state index contributed by atoms with van der Waals surface area (Å²) in [6.45, 7) is 2.45. The number of amides is 1. The molecule has 0 saturated heterocycles. The van der Waals surface area contributed by atoms with Gasteiger partial charge < -0.3 is 11.1 Å². The van der Waals surface area contributed by atoms with Gasteiger partial charge in [0.25, 0.3) is 0 Å². The topological polar surface area (TPSA) is 80.9 Å². The second-order valence-corrected chi connectivity index (χ2v) is 3.95. The molecule has 0 aliphatic heterocycles. The van der Waals surface area contributed by atoms with Crippen LogP contribution in [0, 0.1) is 5.92 Å². The quantitative estimate of drug-likeness (QED) is 0.819. The molecule has 1 atom stereocenters. The highest BCUT2D eigenvalue weighted by atomic mass is 35.5. The lowest BCUT2D eigenvalue weighted by atomic mass is 10.1. The molecule has 0 spiro atoms. The first-order valence-corrected chi connectivity index (χ1v) is 5.51. The molecule has 1 rings (SSSR count). The summed E-state index contributed by atoms with van der Waals surface area (Å²) in [6.07, 6.45) is 1.60. The average Bonchev–Trinajstić information content (AvgIpc) is 2.29. The van der Waals surface area contributed by atoms with Crippen LogP contribution in [0.2, 0.25) is 5.15 Å². The van der Waals surface area contributed by atoms with Crippen molar-refractivity contribution in [2.75, 3.05) is 11.9 Å². The Morgan fingerprint density at radius 1 is 1.56 bits per heavy atom. The minimum Gasteiger partial charge on any atom is -0.330 e. The number of nitrogens with one attached hydrogen (secondary N) is 1. The maximum Gasteiger partial charge on any atom is 0.228 e. The molecule has 1 aromatic rings. The van der Waals surface area contributed by atoms with Gasteiger partial charge in [-0.05, 0) is 31.5 Å². The van der Waals surface area contributed by atoms with Gasteiger partial charge in [-0.25, -0.2) is 0 Å². The van der Waals surface area contributed by atoms with Crippen LogP contribution < -0.4 is 11.1 Å². The fraction of sp³-hybridized carbons (Fsp3) is 0.500. The summed E-state index contributed by atoms with van der Waals surface area (Å²) in [7, 11) is 0. The summed E-state index contributed by atoms with van der Waals surface area (Å²) in [5.41, 5.74) is 5.38. The molecule has 0 aromatic carbocycles. The third kappa shape index (κ3) is 4.12. The molecule has 1 unspecified atom stereocenters. The molecule has 1 heterocycles. The number of halogens is 1. The van der Waals surface area contributed by atoms with E-state index in [0.717, 1.165) is 12.8 Å². The van der Waals surface area contributed by atoms with Crippen LogP contribution in [-0.2, 0) is 4.79 Å². The number of hydrogen-bond donors (Lipinski definition) is 2. The maximum absolute atomic E-state index is 11.7. The normalized spacial score (nSPS) is 12.2. The zero-order chi connectivity index (χ0) is 12.0. The van der Waals surface area contributed by atoms with Crippen molar-refractivity contribution in [2.24, 2.45) is 11.7 Å². The first kappa shape index (κ1) is 12.9. The van der Waals surface area contributed by atoms with Crippen LogP contribution in [0.5, 0.6) is 0 Å². The van der Waals surface area contributed by atoms with E-state index in [1.54, 1.807) is 12.1 Å². The third-order valence-corrected chi connectivity index (χ3v) is 2.37. The molecule has 1 aromatic heterocycles. The Morgan fingerprint density at radius 2 is 2.31 bits per heavy atom. The number of rotatable bonds is 5. The molecule has 0 aliphatic carbocycles. The summed E-state index contributed by atoms with van der Waals surface area (Å²) in [6, 6.07) is 3.19. The molecule has 0 saturated carbocycles. The van der Waals surface area contributed by atoms with Gasteiger partial charge in [0.05, 0.1) is 0 Å². The Hall–Kier alpha value is -1.20. The fourth-order valence-electron chi connectivity index (χ4n) is 1.19. The largest absolute Gasteiger partial charge is 0.330 e.